The van der Waals surface area contributed by atoms with Crippen LogP contribution >= 0.6 is 22.9 Å². The molecule has 0 aromatic carbocycles. The molecule has 1 heterocycles. The lowest BCUT2D eigenvalue weighted by Gasteiger charge is -2.36. The van der Waals surface area contributed by atoms with Crippen LogP contribution in [0.25, 0.3) is 0 Å². The maximum Gasteiger partial charge on any atom is 0.242 e. The number of fused-ring (bicyclic) bond motifs is 12. The first-order valence-corrected chi connectivity index (χ1v) is 7.87. The van der Waals surface area contributed by atoms with Crippen molar-refractivity contribution in [3.63, 3.8) is 0 Å². The van der Waals surface area contributed by atoms with Crippen molar-refractivity contribution in [1.82, 2.24) is 3.11 Å². The minimum Gasteiger partial charge on any atom is -0.273 e. The molecule has 4 bridgehead atoms. The monoisotopic (exact) mass is 355 g/mol. The fraction of sp³-hybridized carbons (Fsp3) is 0.714. The average Bonchev–Trinajstić information content (AvgIpc) is 3.11. The second-order valence-electron chi connectivity index (χ2n) is 6.68. The molecule has 4 aliphatic carbocycles. The van der Waals surface area contributed by atoms with Crippen molar-refractivity contribution in [2.24, 2.45) is 47.3 Å². The van der Waals surface area contributed by atoms with Crippen LogP contribution in [0.15, 0.2) is 12.2 Å². The summed E-state index contributed by atoms with van der Waals surface area (Å²) in [6.45, 7) is 0. The van der Waals surface area contributed by atoms with Crippen LogP contribution in [0.5, 0.6) is 0 Å². The van der Waals surface area contributed by atoms with Crippen molar-refractivity contribution in [2.75, 3.05) is 0 Å². The molecular weight excluding hydrogens is 341 g/mol. The van der Waals surface area contributed by atoms with Gasteiger partial charge in [-0.25, -0.2) is 3.11 Å². The number of rotatable bonds is 0. The van der Waals surface area contributed by atoms with Crippen LogP contribution in [0.1, 0.15) is 12.8 Å². The Hall–Kier alpha value is -0.390. The minimum absolute atomic E-state index is 0.0356. The van der Waals surface area contributed by atoms with E-state index >= 15 is 0 Å². The lowest BCUT2D eigenvalue weighted by Crippen LogP contribution is -2.38. The van der Waals surface area contributed by atoms with Gasteiger partial charge in [0, 0.05) is 0 Å². The van der Waals surface area contributed by atoms with Gasteiger partial charge in [0.05, 0.1) is 34.7 Å². The predicted octanol–water partition coefficient (Wildman–Crippen LogP) is 2.03. The van der Waals surface area contributed by atoms with Gasteiger partial charge < -0.3 is 0 Å². The molecule has 4 heteroatoms. The lowest BCUT2D eigenvalue weighted by molar-refractivity contribution is -0.132. The van der Waals surface area contributed by atoms with Crippen molar-refractivity contribution in [2.45, 2.75) is 12.8 Å². The van der Waals surface area contributed by atoms with Crippen LogP contribution in [0, 0.1) is 47.3 Å². The maximum atomic E-state index is 12.3. The molecule has 8 atom stereocenters. The zero-order chi connectivity index (χ0) is 12.2. The van der Waals surface area contributed by atoms with E-state index in [-0.39, 0.29) is 23.7 Å². The molecule has 3 saturated carbocycles. The Bertz CT molecular complexity index is 474. The van der Waals surface area contributed by atoms with E-state index in [0.29, 0.717) is 35.5 Å². The molecule has 0 aromatic rings. The number of hydrogen-bond donors (Lipinski definition) is 0. The molecule has 8 unspecified atom stereocenters. The second-order valence-corrected chi connectivity index (χ2v) is 7.64. The number of carbonyl (C=O) groups is 2. The molecule has 0 N–H and O–H groups in total. The van der Waals surface area contributed by atoms with Crippen molar-refractivity contribution >= 4 is 34.7 Å². The third kappa shape index (κ3) is 0.907. The van der Waals surface area contributed by atoms with Crippen LogP contribution in [0.4, 0.5) is 0 Å². The number of amides is 2. The molecule has 0 spiro atoms. The fourth-order valence-electron chi connectivity index (χ4n) is 6.08. The number of allylic oxidation sites excluding steroid dienone is 2. The Balaban J connectivity index is 1.62. The van der Waals surface area contributed by atoms with E-state index in [2.05, 4.69) is 12.2 Å². The van der Waals surface area contributed by atoms with Gasteiger partial charge in [-0.1, -0.05) is 12.2 Å². The van der Waals surface area contributed by atoms with Gasteiger partial charge in [-0.15, -0.1) is 0 Å². The molecular formula is C14H14INO2. The Morgan fingerprint density at radius 1 is 0.944 bits per heavy atom. The minimum atomic E-state index is 0.0356. The third-order valence-corrected chi connectivity index (χ3v) is 7.33. The van der Waals surface area contributed by atoms with E-state index in [9.17, 15) is 9.59 Å². The molecule has 2 amide bonds. The molecule has 18 heavy (non-hydrogen) atoms. The third-order valence-electron chi connectivity index (χ3n) is 6.38. The molecule has 94 valence electrons. The smallest absolute Gasteiger partial charge is 0.242 e. The summed E-state index contributed by atoms with van der Waals surface area (Å²) in [6, 6.07) is 0. The number of halogens is 1. The summed E-state index contributed by atoms with van der Waals surface area (Å²) in [4.78, 5) is 24.5. The Morgan fingerprint density at radius 2 is 1.44 bits per heavy atom. The molecule has 5 rings (SSSR count). The van der Waals surface area contributed by atoms with Gasteiger partial charge in [0.2, 0.25) is 11.8 Å². The van der Waals surface area contributed by atoms with Crippen LogP contribution in [0.2, 0.25) is 0 Å². The first-order valence-electron chi connectivity index (χ1n) is 6.90. The summed E-state index contributed by atoms with van der Waals surface area (Å²) < 4.78 is 1.38. The summed E-state index contributed by atoms with van der Waals surface area (Å²) in [6.07, 6.45) is 7.19. The molecule has 0 radical (unpaired) electrons. The van der Waals surface area contributed by atoms with Crippen LogP contribution in [-0.2, 0) is 9.59 Å². The number of imide groups is 1. The van der Waals surface area contributed by atoms with E-state index in [1.54, 1.807) is 0 Å². The van der Waals surface area contributed by atoms with E-state index in [1.165, 1.54) is 9.53 Å². The largest absolute Gasteiger partial charge is 0.273 e. The Labute approximate surface area is 119 Å². The van der Waals surface area contributed by atoms with E-state index in [0.717, 1.165) is 6.42 Å². The molecule has 1 saturated heterocycles. The quantitative estimate of drug-likeness (QED) is 0.219. The lowest BCUT2D eigenvalue weighted by atomic mass is 9.65. The van der Waals surface area contributed by atoms with Gasteiger partial charge in [-0.2, -0.15) is 0 Å². The van der Waals surface area contributed by atoms with Gasteiger partial charge in [-0.05, 0) is 48.3 Å². The Morgan fingerprint density at radius 3 is 1.94 bits per heavy atom. The van der Waals surface area contributed by atoms with Gasteiger partial charge in [0.25, 0.3) is 0 Å². The number of hydrogen-bond acceptors (Lipinski definition) is 2. The average molecular weight is 355 g/mol. The van der Waals surface area contributed by atoms with Crippen LogP contribution in [-0.4, -0.2) is 14.9 Å². The van der Waals surface area contributed by atoms with Crippen molar-refractivity contribution < 1.29 is 9.59 Å². The van der Waals surface area contributed by atoms with E-state index < -0.39 is 0 Å². The summed E-state index contributed by atoms with van der Waals surface area (Å²) in [5, 5.41) is 0. The normalized spacial score (nSPS) is 58.8. The first kappa shape index (κ1) is 10.4. The SMILES string of the molecule is O=C1C2C3CC(C2C(=O)N1I)C1C2C=CC(C2)C31. The van der Waals surface area contributed by atoms with Crippen LogP contribution in [0.3, 0.4) is 0 Å². The summed E-state index contributed by atoms with van der Waals surface area (Å²) in [7, 11) is 0. The fourth-order valence-corrected chi connectivity index (χ4v) is 6.72. The number of nitrogens with zero attached hydrogens (tertiary/aromatic N) is 1. The Kier molecular flexibility index (Phi) is 1.75. The number of carbonyl (C=O) groups excluding carboxylic acids is 2. The molecule has 0 aromatic heterocycles. The highest BCUT2D eigenvalue weighted by molar-refractivity contribution is 14.1. The molecule has 1 aliphatic heterocycles. The molecule has 4 fully saturated rings. The van der Waals surface area contributed by atoms with Crippen molar-refractivity contribution in [1.29, 1.82) is 0 Å². The van der Waals surface area contributed by atoms with Gasteiger partial charge in [0.1, 0.15) is 0 Å². The first-order chi connectivity index (χ1) is 8.68. The standard InChI is InChI=1S/C14H14INO2/c15-16-13(17)11-7-4-8(12(11)14(16)18)10-6-2-1-5(3-6)9(7)10/h1-2,5-12H,3-4H2. The van der Waals surface area contributed by atoms with Crippen molar-refractivity contribution in [3.8, 4) is 0 Å². The van der Waals surface area contributed by atoms with Crippen LogP contribution < -0.4 is 0 Å². The topological polar surface area (TPSA) is 37.4 Å². The second kappa shape index (κ2) is 3.02. The highest BCUT2D eigenvalue weighted by atomic mass is 127. The maximum absolute atomic E-state index is 12.3. The predicted molar refractivity (Wildman–Crippen MR) is 72.2 cm³/mol. The molecule has 5 aliphatic rings. The van der Waals surface area contributed by atoms with Gasteiger partial charge in [-0.3, -0.25) is 9.59 Å². The zero-order valence-corrected chi connectivity index (χ0v) is 12.0. The summed E-state index contributed by atoms with van der Waals surface area (Å²) in [5.41, 5.74) is 0. The highest BCUT2D eigenvalue weighted by Crippen LogP contribution is 2.70. The van der Waals surface area contributed by atoms with Gasteiger partial charge in [0.15, 0.2) is 0 Å². The summed E-state index contributed by atoms with van der Waals surface area (Å²) >= 11 is 1.91. The summed E-state index contributed by atoms with van der Waals surface area (Å²) in [5.74, 6) is 4.12. The van der Waals surface area contributed by atoms with E-state index in [4.69, 9.17) is 0 Å². The highest BCUT2D eigenvalue weighted by Gasteiger charge is 2.70. The molecule has 3 nitrogen and oxygen atoms in total. The van der Waals surface area contributed by atoms with E-state index in [1.807, 2.05) is 22.9 Å². The van der Waals surface area contributed by atoms with Gasteiger partial charge >= 0.3 is 0 Å². The zero-order valence-electron chi connectivity index (χ0n) is 9.83. The van der Waals surface area contributed by atoms with Crippen molar-refractivity contribution in [3.05, 3.63) is 12.2 Å².